The Bertz CT molecular complexity index is 688. The lowest BCUT2D eigenvalue weighted by atomic mass is 9.98. The number of fused-ring (bicyclic) bond motifs is 1. The monoisotopic (exact) mass is 388 g/mol. The summed E-state index contributed by atoms with van der Waals surface area (Å²) in [4.78, 5) is 28.8. The molecule has 1 saturated heterocycles. The van der Waals surface area contributed by atoms with Crippen molar-refractivity contribution in [3.63, 3.8) is 0 Å². The molecular weight excluding hydrogens is 356 g/mol. The van der Waals surface area contributed by atoms with E-state index in [4.69, 9.17) is 4.74 Å². The third-order valence-electron chi connectivity index (χ3n) is 5.70. The van der Waals surface area contributed by atoms with Gasteiger partial charge >= 0.3 is 11.8 Å². The SMILES string of the molecule is COCCNC(=O)C(=O)NC[C@@H](c1ccc2c(c1)CCN2C)N1CCCCC1. The van der Waals surface area contributed by atoms with Gasteiger partial charge < -0.3 is 20.3 Å². The highest BCUT2D eigenvalue weighted by Crippen LogP contribution is 2.32. The third kappa shape index (κ3) is 5.02. The van der Waals surface area contributed by atoms with Gasteiger partial charge in [0.05, 0.1) is 12.6 Å². The van der Waals surface area contributed by atoms with Crippen molar-refractivity contribution in [2.45, 2.75) is 31.7 Å². The fourth-order valence-corrected chi connectivity index (χ4v) is 4.10. The van der Waals surface area contributed by atoms with Crippen molar-refractivity contribution < 1.29 is 14.3 Å². The van der Waals surface area contributed by atoms with Gasteiger partial charge in [-0.1, -0.05) is 18.6 Å². The van der Waals surface area contributed by atoms with E-state index < -0.39 is 11.8 Å². The number of carbonyl (C=O) groups is 2. The summed E-state index contributed by atoms with van der Waals surface area (Å²) in [6.07, 6.45) is 4.67. The highest BCUT2D eigenvalue weighted by Gasteiger charge is 2.26. The molecule has 154 valence electrons. The number of benzene rings is 1. The van der Waals surface area contributed by atoms with Gasteiger partial charge in [0.1, 0.15) is 0 Å². The molecule has 7 nitrogen and oxygen atoms in total. The summed E-state index contributed by atoms with van der Waals surface area (Å²) in [5.74, 6) is -1.19. The first kappa shape index (κ1) is 20.6. The maximum atomic E-state index is 12.2. The minimum Gasteiger partial charge on any atom is -0.383 e. The summed E-state index contributed by atoms with van der Waals surface area (Å²) in [7, 11) is 3.68. The van der Waals surface area contributed by atoms with Crippen LogP contribution in [0.15, 0.2) is 18.2 Å². The molecule has 0 spiro atoms. The number of methoxy groups -OCH3 is 1. The standard InChI is InChI=1S/C21H32N4O3/c1-24-12-8-17-14-16(6-7-18(17)24)19(25-10-4-3-5-11-25)15-23-21(27)20(26)22-9-13-28-2/h6-7,14,19H,3-5,8-13,15H2,1-2H3,(H,22,26)(H,23,27)/t19-/m0/s1. The lowest BCUT2D eigenvalue weighted by Gasteiger charge is -2.35. The first-order valence-corrected chi connectivity index (χ1v) is 10.2. The van der Waals surface area contributed by atoms with E-state index in [1.807, 2.05) is 0 Å². The number of ether oxygens (including phenoxy) is 1. The molecule has 2 heterocycles. The van der Waals surface area contributed by atoms with Crippen molar-refractivity contribution in [3.8, 4) is 0 Å². The topological polar surface area (TPSA) is 73.9 Å². The summed E-state index contributed by atoms with van der Waals surface area (Å²) in [5, 5.41) is 5.41. The van der Waals surface area contributed by atoms with Gasteiger partial charge in [-0.3, -0.25) is 14.5 Å². The minimum absolute atomic E-state index is 0.0900. The minimum atomic E-state index is -0.606. The van der Waals surface area contributed by atoms with Crippen LogP contribution in [0.4, 0.5) is 5.69 Å². The van der Waals surface area contributed by atoms with Crippen LogP contribution in [0.3, 0.4) is 0 Å². The second-order valence-corrected chi connectivity index (χ2v) is 7.63. The largest absolute Gasteiger partial charge is 0.383 e. The Labute approximate surface area is 167 Å². The van der Waals surface area contributed by atoms with Crippen LogP contribution in [-0.4, -0.2) is 70.2 Å². The zero-order chi connectivity index (χ0) is 19.9. The van der Waals surface area contributed by atoms with E-state index in [-0.39, 0.29) is 6.04 Å². The molecule has 1 fully saturated rings. The molecule has 0 bridgehead atoms. The van der Waals surface area contributed by atoms with E-state index in [1.165, 1.54) is 36.1 Å². The maximum Gasteiger partial charge on any atom is 0.309 e. The fraction of sp³-hybridized carbons (Fsp3) is 0.619. The number of anilines is 1. The number of amides is 2. The van der Waals surface area contributed by atoms with Crippen molar-refractivity contribution in [1.82, 2.24) is 15.5 Å². The summed E-state index contributed by atoms with van der Waals surface area (Å²) >= 11 is 0. The maximum absolute atomic E-state index is 12.2. The predicted octanol–water partition coefficient (Wildman–Crippen LogP) is 1.08. The summed E-state index contributed by atoms with van der Waals surface area (Å²) in [5.41, 5.74) is 3.88. The second kappa shape index (κ2) is 9.89. The van der Waals surface area contributed by atoms with Crippen molar-refractivity contribution in [3.05, 3.63) is 29.3 Å². The molecule has 1 aromatic carbocycles. The number of hydrogen-bond donors (Lipinski definition) is 2. The molecule has 2 aliphatic heterocycles. The van der Waals surface area contributed by atoms with Crippen LogP contribution >= 0.6 is 0 Å². The van der Waals surface area contributed by atoms with Crippen molar-refractivity contribution >= 4 is 17.5 Å². The molecule has 1 atom stereocenters. The molecule has 28 heavy (non-hydrogen) atoms. The Balaban J connectivity index is 1.68. The number of piperidine rings is 1. The number of nitrogens with zero attached hydrogens (tertiary/aromatic N) is 2. The van der Waals surface area contributed by atoms with Crippen LogP contribution in [0.2, 0.25) is 0 Å². The van der Waals surface area contributed by atoms with Gasteiger partial charge in [-0.25, -0.2) is 0 Å². The van der Waals surface area contributed by atoms with Crippen LogP contribution in [-0.2, 0) is 20.7 Å². The van der Waals surface area contributed by atoms with Gasteiger partial charge in [-0.15, -0.1) is 0 Å². The lowest BCUT2D eigenvalue weighted by Crippen LogP contribution is -2.45. The van der Waals surface area contributed by atoms with E-state index in [9.17, 15) is 9.59 Å². The molecular formula is C21H32N4O3. The summed E-state index contributed by atoms with van der Waals surface area (Å²) in [6.45, 7) is 4.25. The van der Waals surface area contributed by atoms with Crippen molar-refractivity contribution in [1.29, 1.82) is 0 Å². The van der Waals surface area contributed by atoms with Crippen LogP contribution in [0.25, 0.3) is 0 Å². The fourth-order valence-electron chi connectivity index (χ4n) is 4.10. The van der Waals surface area contributed by atoms with Gasteiger partial charge in [0.2, 0.25) is 0 Å². The van der Waals surface area contributed by atoms with E-state index in [2.05, 4.69) is 45.7 Å². The highest BCUT2D eigenvalue weighted by molar-refractivity contribution is 6.35. The van der Waals surface area contributed by atoms with Gasteiger partial charge in [-0.2, -0.15) is 0 Å². The molecule has 0 saturated carbocycles. The molecule has 7 heteroatoms. The summed E-state index contributed by atoms with van der Waals surface area (Å²) < 4.78 is 4.89. The highest BCUT2D eigenvalue weighted by atomic mass is 16.5. The van der Waals surface area contributed by atoms with Crippen molar-refractivity contribution in [2.24, 2.45) is 0 Å². The zero-order valence-electron chi connectivity index (χ0n) is 17.0. The Hall–Kier alpha value is -2.12. The Morgan fingerprint density at radius 1 is 1.11 bits per heavy atom. The lowest BCUT2D eigenvalue weighted by molar-refractivity contribution is -0.139. The van der Waals surface area contributed by atoms with Crippen molar-refractivity contribution in [2.75, 3.05) is 58.4 Å². The predicted molar refractivity (Wildman–Crippen MR) is 109 cm³/mol. The van der Waals surface area contributed by atoms with Gasteiger partial charge in [-0.05, 0) is 49.5 Å². The molecule has 1 aromatic rings. The van der Waals surface area contributed by atoms with E-state index >= 15 is 0 Å². The number of rotatable bonds is 7. The van der Waals surface area contributed by atoms with Gasteiger partial charge in [0, 0.05) is 39.5 Å². The van der Waals surface area contributed by atoms with Crippen LogP contribution in [0.1, 0.15) is 36.4 Å². The first-order valence-electron chi connectivity index (χ1n) is 10.2. The van der Waals surface area contributed by atoms with Crippen LogP contribution in [0.5, 0.6) is 0 Å². The molecule has 2 aliphatic rings. The number of nitrogens with one attached hydrogen (secondary N) is 2. The molecule has 0 aromatic heterocycles. The number of carbonyl (C=O) groups excluding carboxylic acids is 2. The Morgan fingerprint density at radius 2 is 1.86 bits per heavy atom. The third-order valence-corrected chi connectivity index (χ3v) is 5.70. The average molecular weight is 389 g/mol. The molecule has 3 rings (SSSR count). The number of likely N-dealkylation sites (N-methyl/N-ethyl adjacent to an activating group) is 1. The molecule has 0 aliphatic carbocycles. The normalized spacial score (nSPS) is 17.9. The average Bonchev–Trinajstić information content (AvgIpc) is 3.09. The Morgan fingerprint density at radius 3 is 2.61 bits per heavy atom. The summed E-state index contributed by atoms with van der Waals surface area (Å²) in [6, 6.07) is 6.73. The van der Waals surface area contributed by atoms with E-state index in [0.29, 0.717) is 19.7 Å². The molecule has 2 amide bonds. The zero-order valence-corrected chi connectivity index (χ0v) is 17.0. The van der Waals surface area contributed by atoms with Gasteiger partial charge in [0.25, 0.3) is 0 Å². The number of hydrogen-bond acceptors (Lipinski definition) is 5. The molecule has 2 N–H and O–H groups in total. The second-order valence-electron chi connectivity index (χ2n) is 7.63. The van der Waals surface area contributed by atoms with Crippen LogP contribution < -0.4 is 15.5 Å². The smallest absolute Gasteiger partial charge is 0.309 e. The first-order chi connectivity index (χ1) is 13.6. The quantitative estimate of drug-likeness (QED) is 0.540. The number of likely N-dealkylation sites (tertiary alicyclic amines) is 1. The van der Waals surface area contributed by atoms with Crippen LogP contribution in [0, 0.1) is 0 Å². The van der Waals surface area contributed by atoms with Gasteiger partial charge in [0.15, 0.2) is 0 Å². The van der Waals surface area contributed by atoms with E-state index in [1.54, 1.807) is 7.11 Å². The molecule has 0 radical (unpaired) electrons. The Kier molecular flexibility index (Phi) is 7.28. The van der Waals surface area contributed by atoms with E-state index in [0.717, 1.165) is 26.1 Å². The molecule has 0 unspecified atom stereocenters.